The van der Waals surface area contributed by atoms with Crippen molar-refractivity contribution in [1.82, 2.24) is 0 Å². The molecule has 8 heteroatoms. The van der Waals surface area contributed by atoms with Crippen LogP contribution in [0, 0.1) is 0 Å². The summed E-state index contributed by atoms with van der Waals surface area (Å²) in [5.41, 5.74) is 11.2. The van der Waals surface area contributed by atoms with Gasteiger partial charge in [-0.15, -0.1) is 6.54 Å². The predicted molar refractivity (Wildman–Crippen MR) is 48.8 cm³/mol. The Labute approximate surface area is 129 Å². The van der Waals surface area contributed by atoms with Gasteiger partial charge in [0.05, 0.1) is 0 Å². The van der Waals surface area contributed by atoms with E-state index in [-0.39, 0.29) is 59.5 Å². The summed E-state index contributed by atoms with van der Waals surface area (Å²) in [6, 6.07) is 0. The van der Waals surface area contributed by atoms with Crippen molar-refractivity contribution in [2.45, 2.75) is 26.7 Å². The van der Waals surface area contributed by atoms with Crippen LogP contribution < -0.4 is 45.5 Å². The summed E-state index contributed by atoms with van der Waals surface area (Å²) < 4.78 is 0. The fourth-order valence-corrected chi connectivity index (χ4v) is 0. The Hall–Kier alpha value is 0.379. The third-order valence-electron chi connectivity index (χ3n) is 0.722. The molecule has 3 N–H and O–H groups in total. The normalized spacial score (nSPS) is 6.50. The van der Waals surface area contributed by atoms with Crippen LogP contribution in [0.2, 0.25) is 0 Å². The Kier molecular flexibility index (Phi) is 55.2. The van der Waals surface area contributed by atoms with Gasteiger partial charge in [0.25, 0.3) is 0 Å². The number of carboxylic acid groups (broad SMARTS) is 2. The molecule has 0 rings (SSSR count). The predicted octanol–water partition coefficient (Wildman–Crippen LogP) is -4.71. The van der Waals surface area contributed by atoms with E-state index in [1.807, 2.05) is 0 Å². The molecule has 0 bridgehead atoms. The van der Waals surface area contributed by atoms with E-state index in [1.165, 1.54) is 13.8 Å². The number of carbonyl (C=O) groups is 2. The van der Waals surface area contributed by atoms with E-state index >= 15 is 0 Å². The van der Waals surface area contributed by atoms with E-state index in [0.717, 1.165) is 0 Å². The third-order valence-corrected chi connectivity index (χ3v) is 0.722. The molecule has 0 unspecified atom stereocenters. The molecule has 6 nitrogen and oxygen atoms in total. The van der Waals surface area contributed by atoms with Gasteiger partial charge in [0.2, 0.25) is 0 Å². The molecule has 0 aliphatic rings. The number of nitrogens with one attached hydrogen (secondary N) is 1. The Morgan fingerprint density at radius 3 is 1.25 bits per heavy atom. The molecule has 0 amide bonds. The Morgan fingerprint density at radius 1 is 1.12 bits per heavy atom. The molecule has 16 heavy (non-hydrogen) atoms. The number of aliphatic carboxylic acids is 2. The molecular weight excluding hydrogens is 267 g/mol. The van der Waals surface area contributed by atoms with Gasteiger partial charge in [-0.05, 0) is 19.4 Å². The molecule has 0 atom stereocenters. The number of carbonyl (C=O) groups excluding carboxylic acids is 2. The van der Waals surface area contributed by atoms with E-state index in [1.54, 1.807) is 0 Å². The van der Waals surface area contributed by atoms with Gasteiger partial charge in [-0.25, -0.2) is 0 Å². The van der Waals surface area contributed by atoms with Gasteiger partial charge in [0, 0.05) is 11.9 Å². The van der Waals surface area contributed by atoms with Crippen molar-refractivity contribution >= 4 is 11.9 Å². The zero-order chi connectivity index (χ0) is 12.0. The summed E-state index contributed by atoms with van der Waals surface area (Å²) in [4.78, 5) is 18.5. The smallest absolute Gasteiger partial charge is 0.676 e. The number of nitrogens with two attached hydrogens (primary N) is 1. The average molecular weight is 284 g/mol. The van der Waals surface area contributed by atoms with Crippen molar-refractivity contribution in [3.8, 4) is 0 Å². The number of carboxylic acids is 2. The Bertz CT molecular complexity index is 134. The van der Waals surface area contributed by atoms with Crippen molar-refractivity contribution < 1.29 is 66.4 Å². The van der Waals surface area contributed by atoms with Gasteiger partial charge in [-0.1, -0.05) is 13.8 Å². The average Bonchev–Trinajstić information content (AvgIpc) is 2.19. The summed E-state index contributed by atoms with van der Waals surface area (Å²) in [7, 11) is 0. The minimum absolute atomic E-state index is 0. The summed E-state index contributed by atoms with van der Waals surface area (Å²) in [5.74, 6) is -1.99. The third kappa shape index (κ3) is 88.9. The van der Waals surface area contributed by atoms with Crippen molar-refractivity contribution in [1.29, 1.82) is 0 Å². The fourth-order valence-electron chi connectivity index (χ4n) is 0. The van der Waals surface area contributed by atoms with Crippen molar-refractivity contribution in [2.24, 2.45) is 5.73 Å². The van der Waals surface area contributed by atoms with E-state index in [2.05, 4.69) is 0 Å². The maximum atomic E-state index is 9.26. The topological polar surface area (TPSA) is 130 Å². The first-order valence-electron chi connectivity index (χ1n) is 4.20. The molecule has 0 heterocycles. The Morgan fingerprint density at radius 2 is 1.25 bits per heavy atom. The van der Waals surface area contributed by atoms with Crippen LogP contribution in [0.3, 0.4) is 0 Å². The second-order valence-electron chi connectivity index (χ2n) is 1.99. The maximum Gasteiger partial charge on any atom is 2.00 e. The molecule has 0 fully saturated rings. The molecule has 0 aliphatic carbocycles. The van der Waals surface area contributed by atoms with Crippen LogP contribution in [0.15, 0.2) is 0 Å². The number of hydrogen-bond donors (Lipinski definition) is 1. The van der Waals surface area contributed by atoms with Crippen LogP contribution >= 0.6 is 0 Å². The first-order valence-corrected chi connectivity index (χ1v) is 4.20. The van der Waals surface area contributed by atoms with Crippen LogP contribution in [0.5, 0.6) is 0 Å². The van der Waals surface area contributed by atoms with Gasteiger partial charge in [0.15, 0.2) is 0 Å². The van der Waals surface area contributed by atoms with Gasteiger partial charge in [-0.3, -0.25) is 0 Å². The van der Waals surface area contributed by atoms with Crippen LogP contribution in [-0.4, -0.2) is 25.0 Å². The minimum Gasteiger partial charge on any atom is -0.676 e. The molecule has 0 aromatic heterocycles. The molecule has 0 aromatic rings. The van der Waals surface area contributed by atoms with E-state index in [0.29, 0.717) is 13.1 Å². The standard InChI is InChI=1S/2C3H6O2.C2H7N2.Fe.Na/c2*1-2-3(4)5;3-1-2-4;;/h2*2H2,1H3,(H,4,5);3H,1-2,4H2;;/q;;-1;+2;+1/p-2. The van der Waals surface area contributed by atoms with Crippen molar-refractivity contribution in [3.63, 3.8) is 0 Å². The summed E-state index contributed by atoms with van der Waals surface area (Å²) in [6.45, 7) is 3.91. The zero-order valence-corrected chi connectivity index (χ0v) is 13.0. The van der Waals surface area contributed by atoms with Crippen molar-refractivity contribution in [3.05, 3.63) is 5.73 Å². The minimum atomic E-state index is -0.995. The first kappa shape index (κ1) is 29.9. The van der Waals surface area contributed by atoms with Crippen LogP contribution in [0.25, 0.3) is 5.73 Å². The second kappa shape index (κ2) is 29.5. The molecule has 0 aliphatic heterocycles. The van der Waals surface area contributed by atoms with Gasteiger partial charge in [0.1, 0.15) is 0 Å². The van der Waals surface area contributed by atoms with Crippen LogP contribution in [0.4, 0.5) is 0 Å². The molecule has 0 spiro atoms. The number of hydrogen-bond acceptors (Lipinski definition) is 5. The quantitative estimate of drug-likeness (QED) is 0.520. The monoisotopic (exact) mass is 284 g/mol. The second-order valence-corrected chi connectivity index (χ2v) is 1.99. The SMILES string of the molecule is CCC(=O)[O-].CCC(=O)[O-].[Fe+2].[NH-]CCN.[Na+]. The summed E-state index contributed by atoms with van der Waals surface area (Å²) >= 11 is 0. The van der Waals surface area contributed by atoms with Gasteiger partial charge >= 0.3 is 46.6 Å². The first-order chi connectivity index (χ1) is 6.45. The zero-order valence-electron chi connectivity index (χ0n) is 9.89. The Balaban J connectivity index is -0.0000000358. The van der Waals surface area contributed by atoms with E-state index in [4.69, 9.17) is 11.5 Å². The van der Waals surface area contributed by atoms with Crippen LogP contribution in [0.1, 0.15) is 26.7 Å². The molecule has 0 radical (unpaired) electrons. The van der Waals surface area contributed by atoms with E-state index in [9.17, 15) is 19.8 Å². The number of rotatable bonds is 3. The van der Waals surface area contributed by atoms with Gasteiger partial charge < -0.3 is 31.3 Å². The molecule has 0 aromatic carbocycles. The van der Waals surface area contributed by atoms with E-state index < -0.39 is 11.9 Å². The van der Waals surface area contributed by atoms with Crippen LogP contribution in [-0.2, 0) is 26.7 Å². The largest absolute Gasteiger partial charge is 2.00 e. The molecule has 0 saturated carbocycles. The summed E-state index contributed by atoms with van der Waals surface area (Å²) in [6.07, 6.45) is 0.222. The fraction of sp³-hybridized carbons (Fsp3) is 0.750. The molecule has 0 saturated heterocycles. The van der Waals surface area contributed by atoms with Crippen molar-refractivity contribution in [2.75, 3.05) is 13.1 Å². The van der Waals surface area contributed by atoms with Gasteiger partial charge in [-0.2, -0.15) is 0 Å². The maximum absolute atomic E-state index is 9.26. The summed E-state index contributed by atoms with van der Waals surface area (Å²) in [5, 5.41) is 18.5. The molecular formula is C8H17FeN2NaO4. The molecule has 92 valence electrons.